The van der Waals surface area contributed by atoms with Gasteiger partial charge in [-0.1, -0.05) is 37.3 Å². The molecule has 0 amide bonds. The molecule has 0 aliphatic carbocycles. The van der Waals surface area contributed by atoms with Crippen LogP contribution in [0.1, 0.15) is 12.7 Å². The maximum absolute atomic E-state index is 13.5. The van der Waals surface area contributed by atoms with E-state index in [2.05, 4.69) is 4.98 Å². The number of aryl methyl sites for hydroxylation is 1. The number of rotatable bonds is 4. The normalized spacial score (nSPS) is 10.9. The van der Waals surface area contributed by atoms with E-state index in [-0.39, 0.29) is 5.56 Å². The molecule has 0 aliphatic heterocycles. The highest BCUT2D eigenvalue weighted by molar-refractivity contribution is 5.93. The third kappa shape index (κ3) is 2.97. The SMILES string of the molecule is CCc1nc2cccc(-c3cc(OC)ccn3)c2c(=O)n1-c1ccccc1. The molecule has 0 N–H and O–H groups in total. The van der Waals surface area contributed by atoms with Crippen molar-refractivity contribution in [3.05, 3.63) is 83.0 Å². The fraction of sp³-hybridized carbons (Fsp3) is 0.136. The van der Waals surface area contributed by atoms with Gasteiger partial charge in [0.05, 0.1) is 29.4 Å². The monoisotopic (exact) mass is 357 g/mol. The van der Waals surface area contributed by atoms with Crippen LogP contribution in [0.5, 0.6) is 5.75 Å². The Balaban J connectivity index is 2.07. The molecular weight excluding hydrogens is 338 g/mol. The largest absolute Gasteiger partial charge is 0.497 e. The molecule has 0 radical (unpaired) electrons. The van der Waals surface area contributed by atoms with Crippen LogP contribution in [0.15, 0.2) is 71.7 Å². The number of pyridine rings is 1. The second kappa shape index (κ2) is 7.03. The predicted molar refractivity (Wildman–Crippen MR) is 107 cm³/mol. The topological polar surface area (TPSA) is 57.0 Å². The lowest BCUT2D eigenvalue weighted by Crippen LogP contribution is -2.24. The van der Waals surface area contributed by atoms with Crippen molar-refractivity contribution in [1.82, 2.24) is 14.5 Å². The molecule has 5 heteroatoms. The highest BCUT2D eigenvalue weighted by Crippen LogP contribution is 2.27. The molecule has 134 valence electrons. The minimum atomic E-state index is -0.0942. The summed E-state index contributed by atoms with van der Waals surface area (Å²) in [6.45, 7) is 2.00. The van der Waals surface area contributed by atoms with E-state index in [0.717, 1.165) is 17.1 Å². The van der Waals surface area contributed by atoms with Gasteiger partial charge < -0.3 is 4.74 Å². The van der Waals surface area contributed by atoms with Crippen molar-refractivity contribution in [3.8, 4) is 22.7 Å². The van der Waals surface area contributed by atoms with Gasteiger partial charge in [-0.2, -0.15) is 0 Å². The number of methoxy groups -OCH3 is 1. The number of para-hydroxylation sites is 1. The number of aromatic nitrogens is 3. The van der Waals surface area contributed by atoms with Crippen LogP contribution in [-0.4, -0.2) is 21.6 Å². The Labute approximate surface area is 156 Å². The summed E-state index contributed by atoms with van der Waals surface area (Å²) < 4.78 is 7.00. The highest BCUT2D eigenvalue weighted by atomic mass is 16.5. The average molecular weight is 357 g/mol. The molecule has 27 heavy (non-hydrogen) atoms. The number of nitrogens with zero attached hydrogens (tertiary/aromatic N) is 3. The van der Waals surface area contributed by atoms with E-state index < -0.39 is 0 Å². The van der Waals surface area contributed by atoms with Gasteiger partial charge in [0.1, 0.15) is 11.6 Å². The van der Waals surface area contributed by atoms with Gasteiger partial charge in [0.2, 0.25) is 0 Å². The summed E-state index contributed by atoms with van der Waals surface area (Å²) >= 11 is 0. The summed E-state index contributed by atoms with van der Waals surface area (Å²) in [5.74, 6) is 1.42. The fourth-order valence-corrected chi connectivity index (χ4v) is 3.26. The van der Waals surface area contributed by atoms with Crippen LogP contribution in [0.4, 0.5) is 0 Å². The van der Waals surface area contributed by atoms with Crippen molar-refractivity contribution in [2.45, 2.75) is 13.3 Å². The third-order valence-corrected chi connectivity index (χ3v) is 4.54. The van der Waals surface area contributed by atoms with Crippen LogP contribution in [0.3, 0.4) is 0 Å². The molecule has 0 bridgehead atoms. The molecule has 0 saturated heterocycles. The quantitative estimate of drug-likeness (QED) is 0.553. The van der Waals surface area contributed by atoms with E-state index >= 15 is 0 Å². The van der Waals surface area contributed by atoms with Crippen LogP contribution in [-0.2, 0) is 6.42 Å². The minimum Gasteiger partial charge on any atom is -0.497 e. The minimum absolute atomic E-state index is 0.0942. The van der Waals surface area contributed by atoms with E-state index in [9.17, 15) is 4.79 Å². The molecule has 0 unspecified atom stereocenters. The Morgan fingerprint density at radius 1 is 1.04 bits per heavy atom. The third-order valence-electron chi connectivity index (χ3n) is 4.54. The summed E-state index contributed by atoms with van der Waals surface area (Å²) in [5.41, 5.74) is 2.82. The van der Waals surface area contributed by atoms with Gasteiger partial charge in [0, 0.05) is 24.2 Å². The zero-order valence-electron chi connectivity index (χ0n) is 15.2. The van der Waals surface area contributed by atoms with E-state index in [0.29, 0.717) is 28.8 Å². The zero-order chi connectivity index (χ0) is 18.8. The smallest absolute Gasteiger partial charge is 0.266 e. The Kier molecular flexibility index (Phi) is 4.42. The van der Waals surface area contributed by atoms with Crippen LogP contribution in [0, 0.1) is 0 Å². The van der Waals surface area contributed by atoms with Crippen molar-refractivity contribution < 1.29 is 4.74 Å². The van der Waals surface area contributed by atoms with Crippen molar-refractivity contribution >= 4 is 10.9 Å². The lowest BCUT2D eigenvalue weighted by molar-refractivity contribution is 0.414. The van der Waals surface area contributed by atoms with Crippen LogP contribution < -0.4 is 10.3 Å². The second-order valence-corrected chi connectivity index (χ2v) is 6.14. The fourth-order valence-electron chi connectivity index (χ4n) is 3.26. The summed E-state index contributed by atoms with van der Waals surface area (Å²) in [6.07, 6.45) is 2.33. The van der Waals surface area contributed by atoms with Gasteiger partial charge in [-0.05, 0) is 24.3 Å². The Bertz CT molecular complexity index is 1170. The first-order chi connectivity index (χ1) is 13.2. The lowest BCUT2D eigenvalue weighted by Gasteiger charge is -2.14. The average Bonchev–Trinajstić information content (AvgIpc) is 2.73. The van der Waals surface area contributed by atoms with E-state index in [4.69, 9.17) is 9.72 Å². The summed E-state index contributed by atoms with van der Waals surface area (Å²) in [7, 11) is 1.61. The summed E-state index contributed by atoms with van der Waals surface area (Å²) in [6, 6.07) is 18.9. The van der Waals surface area contributed by atoms with Gasteiger partial charge in [0.25, 0.3) is 5.56 Å². The molecule has 2 aromatic carbocycles. The van der Waals surface area contributed by atoms with Crippen molar-refractivity contribution in [2.75, 3.05) is 7.11 Å². The molecule has 4 rings (SSSR count). The molecule has 2 heterocycles. The standard InChI is InChI=1S/C22H19N3O2/c1-3-20-24-18-11-7-10-17(19-14-16(27-2)12-13-23-19)21(18)22(26)25(20)15-8-5-4-6-9-15/h4-14H,3H2,1-2H3. The highest BCUT2D eigenvalue weighted by Gasteiger charge is 2.16. The van der Waals surface area contributed by atoms with E-state index in [1.54, 1.807) is 23.9 Å². The van der Waals surface area contributed by atoms with Gasteiger partial charge in [-0.3, -0.25) is 14.3 Å². The molecule has 0 spiro atoms. The molecule has 0 saturated carbocycles. The number of hydrogen-bond donors (Lipinski definition) is 0. The number of hydrogen-bond acceptors (Lipinski definition) is 4. The van der Waals surface area contributed by atoms with Crippen LogP contribution in [0.25, 0.3) is 27.8 Å². The first-order valence-electron chi connectivity index (χ1n) is 8.83. The molecule has 4 aromatic rings. The Hall–Kier alpha value is -3.47. The maximum atomic E-state index is 13.5. The van der Waals surface area contributed by atoms with Crippen LogP contribution >= 0.6 is 0 Å². The lowest BCUT2D eigenvalue weighted by atomic mass is 10.1. The molecule has 0 fully saturated rings. The second-order valence-electron chi connectivity index (χ2n) is 6.14. The zero-order valence-corrected chi connectivity index (χ0v) is 15.2. The number of fused-ring (bicyclic) bond motifs is 1. The Morgan fingerprint density at radius 2 is 1.85 bits per heavy atom. The first-order valence-corrected chi connectivity index (χ1v) is 8.83. The van der Waals surface area contributed by atoms with E-state index in [1.165, 1.54) is 0 Å². The van der Waals surface area contributed by atoms with Crippen molar-refractivity contribution in [2.24, 2.45) is 0 Å². The van der Waals surface area contributed by atoms with E-state index in [1.807, 2.05) is 61.5 Å². The maximum Gasteiger partial charge on any atom is 0.266 e. The molecule has 0 atom stereocenters. The molecule has 5 nitrogen and oxygen atoms in total. The van der Waals surface area contributed by atoms with Gasteiger partial charge >= 0.3 is 0 Å². The van der Waals surface area contributed by atoms with Crippen LogP contribution in [0.2, 0.25) is 0 Å². The molecule has 2 aromatic heterocycles. The predicted octanol–water partition coefficient (Wildman–Crippen LogP) is 4.02. The Morgan fingerprint density at radius 3 is 2.59 bits per heavy atom. The van der Waals surface area contributed by atoms with Crippen molar-refractivity contribution in [3.63, 3.8) is 0 Å². The number of benzene rings is 2. The van der Waals surface area contributed by atoms with Gasteiger partial charge in [-0.25, -0.2) is 4.98 Å². The molecular formula is C22H19N3O2. The van der Waals surface area contributed by atoms with Crippen molar-refractivity contribution in [1.29, 1.82) is 0 Å². The molecule has 0 aliphatic rings. The summed E-state index contributed by atoms with van der Waals surface area (Å²) in [5, 5.41) is 0.555. The summed E-state index contributed by atoms with van der Waals surface area (Å²) in [4.78, 5) is 22.7. The first kappa shape index (κ1) is 17.0. The number of ether oxygens (including phenoxy) is 1. The van der Waals surface area contributed by atoms with Gasteiger partial charge in [-0.15, -0.1) is 0 Å². The van der Waals surface area contributed by atoms with Gasteiger partial charge in [0.15, 0.2) is 0 Å².